The molecule has 0 radical (unpaired) electrons. The van der Waals surface area contributed by atoms with Crippen molar-refractivity contribution in [3.8, 4) is 0 Å². The quantitative estimate of drug-likeness (QED) is 0.665. The number of carbonyl (C=O) groups excluding carboxylic acids is 1. The Bertz CT molecular complexity index is 402. The summed E-state index contributed by atoms with van der Waals surface area (Å²) >= 11 is 0. The lowest BCUT2D eigenvalue weighted by Crippen LogP contribution is -2.61. The largest absolute Gasteiger partial charge is 0.370 e. The first-order valence-corrected chi connectivity index (χ1v) is 8.00. The van der Waals surface area contributed by atoms with Gasteiger partial charge in [0.1, 0.15) is 0 Å². The molecule has 3 aliphatic rings. The van der Waals surface area contributed by atoms with Crippen LogP contribution in [-0.4, -0.2) is 22.8 Å². The smallest absolute Gasteiger partial charge is 0.161 e. The Labute approximate surface area is 117 Å². The maximum absolute atomic E-state index is 12.0. The summed E-state index contributed by atoms with van der Waals surface area (Å²) in [5.74, 6) is 3.55. The van der Waals surface area contributed by atoms with Gasteiger partial charge in [0.25, 0.3) is 0 Å². The van der Waals surface area contributed by atoms with Crippen LogP contribution in [0.2, 0.25) is 0 Å². The Morgan fingerprint density at radius 1 is 1.11 bits per heavy atom. The molecule has 3 rings (SSSR count). The first kappa shape index (κ1) is 13.2. The minimum atomic E-state index is 0.169. The predicted octanol–water partition coefficient (Wildman–Crippen LogP) is 3.48. The molecule has 1 saturated heterocycles. The van der Waals surface area contributed by atoms with Gasteiger partial charge >= 0.3 is 0 Å². The molecule has 0 bridgehead atoms. The van der Waals surface area contributed by atoms with Crippen LogP contribution in [0, 0.1) is 29.6 Å². The second kappa shape index (κ2) is 4.64. The Balaban J connectivity index is 1.94. The molecule has 2 heterocycles. The Hall–Kier alpha value is -0.790. The van der Waals surface area contributed by atoms with Gasteiger partial charge in [-0.3, -0.25) is 4.79 Å². The van der Waals surface area contributed by atoms with E-state index in [0.29, 0.717) is 23.8 Å². The third-order valence-electron chi connectivity index (χ3n) is 6.27. The summed E-state index contributed by atoms with van der Waals surface area (Å²) in [7, 11) is 0. The highest BCUT2D eigenvalue weighted by molar-refractivity contribution is 5.92. The Kier molecular flexibility index (Phi) is 3.23. The summed E-state index contributed by atoms with van der Waals surface area (Å²) in [5.41, 5.74) is 0. The van der Waals surface area contributed by atoms with Crippen LogP contribution >= 0.6 is 0 Å². The molecule has 2 heteroatoms. The maximum Gasteiger partial charge on any atom is 0.161 e. The lowest BCUT2D eigenvalue weighted by molar-refractivity contribution is -0.126. The Morgan fingerprint density at radius 2 is 1.84 bits per heavy atom. The van der Waals surface area contributed by atoms with E-state index in [1.54, 1.807) is 0 Å². The first-order chi connectivity index (χ1) is 9.00. The van der Waals surface area contributed by atoms with Crippen LogP contribution < -0.4 is 0 Å². The van der Waals surface area contributed by atoms with Crippen molar-refractivity contribution in [3.05, 3.63) is 12.3 Å². The molecule has 0 N–H and O–H groups in total. The standard InChI is InChI=1S/C17H27NO/c1-10-5-6-15-14(9-10)11(2)12(3)17-13(4)16(19)7-8-18(15)17/h7-8,10-15,17H,5-6,9H2,1-4H3. The zero-order valence-corrected chi connectivity index (χ0v) is 12.7. The van der Waals surface area contributed by atoms with Crippen molar-refractivity contribution < 1.29 is 4.79 Å². The molecule has 0 aromatic rings. The molecule has 7 atom stereocenters. The van der Waals surface area contributed by atoms with Crippen molar-refractivity contribution in [3.63, 3.8) is 0 Å². The van der Waals surface area contributed by atoms with Crippen molar-refractivity contribution in [1.29, 1.82) is 0 Å². The summed E-state index contributed by atoms with van der Waals surface area (Å²) in [6.07, 6.45) is 7.96. The summed E-state index contributed by atoms with van der Waals surface area (Å²) in [6.45, 7) is 9.31. The summed E-state index contributed by atoms with van der Waals surface area (Å²) in [4.78, 5) is 14.6. The molecular formula is C17H27NO. The monoisotopic (exact) mass is 261 g/mol. The fraction of sp³-hybridized carbons (Fsp3) is 0.824. The van der Waals surface area contributed by atoms with Crippen molar-refractivity contribution in [1.82, 2.24) is 4.90 Å². The molecule has 7 unspecified atom stereocenters. The molecule has 0 spiro atoms. The normalized spacial score (nSPS) is 49.8. The second-order valence-corrected chi connectivity index (χ2v) is 7.31. The second-order valence-electron chi connectivity index (χ2n) is 7.31. The van der Waals surface area contributed by atoms with Gasteiger partial charge in [0.05, 0.1) is 0 Å². The van der Waals surface area contributed by atoms with E-state index in [1.165, 1.54) is 19.3 Å². The van der Waals surface area contributed by atoms with Crippen LogP contribution in [0.3, 0.4) is 0 Å². The third-order valence-corrected chi connectivity index (χ3v) is 6.27. The fourth-order valence-corrected chi connectivity index (χ4v) is 4.94. The van der Waals surface area contributed by atoms with E-state index in [1.807, 2.05) is 6.08 Å². The van der Waals surface area contributed by atoms with Gasteiger partial charge in [0.15, 0.2) is 5.78 Å². The van der Waals surface area contributed by atoms with E-state index in [9.17, 15) is 4.79 Å². The first-order valence-electron chi connectivity index (χ1n) is 8.00. The minimum absolute atomic E-state index is 0.169. The van der Waals surface area contributed by atoms with E-state index >= 15 is 0 Å². The number of rotatable bonds is 0. The van der Waals surface area contributed by atoms with Gasteiger partial charge in [-0.1, -0.05) is 27.7 Å². The van der Waals surface area contributed by atoms with Crippen LogP contribution in [-0.2, 0) is 4.79 Å². The number of ketones is 1. The molecule has 0 amide bonds. The van der Waals surface area contributed by atoms with Gasteiger partial charge in [-0.05, 0) is 49.0 Å². The maximum atomic E-state index is 12.0. The highest BCUT2D eigenvalue weighted by Crippen LogP contribution is 2.48. The SMILES string of the molecule is CC1CCC2C(C1)C(C)C(C)C1C(C)C(=O)C=CN21. The van der Waals surface area contributed by atoms with E-state index in [2.05, 4.69) is 38.8 Å². The number of allylic oxidation sites excluding steroid dienone is 1. The number of hydrogen-bond acceptors (Lipinski definition) is 2. The molecule has 2 fully saturated rings. The molecular weight excluding hydrogens is 234 g/mol. The van der Waals surface area contributed by atoms with Crippen LogP contribution in [0.25, 0.3) is 0 Å². The molecule has 2 nitrogen and oxygen atoms in total. The lowest BCUT2D eigenvalue weighted by atomic mass is 9.62. The average molecular weight is 261 g/mol. The summed E-state index contributed by atoms with van der Waals surface area (Å²) < 4.78 is 0. The molecule has 1 saturated carbocycles. The van der Waals surface area contributed by atoms with Crippen LogP contribution in [0.15, 0.2) is 12.3 Å². The molecule has 106 valence electrons. The lowest BCUT2D eigenvalue weighted by Gasteiger charge is -2.57. The van der Waals surface area contributed by atoms with Crippen LogP contribution in [0.5, 0.6) is 0 Å². The summed E-state index contributed by atoms with van der Waals surface area (Å²) in [6, 6.07) is 1.11. The van der Waals surface area contributed by atoms with Gasteiger partial charge in [-0.25, -0.2) is 0 Å². The topological polar surface area (TPSA) is 20.3 Å². The zero-order valence-electron chi connectivity index (χ0n) is 12.7. The number of nitrogens with zero attached hydrogens (tertiary/aromatic N) is 1. The molecule has 2 aliphatic heterocycles. The van der Waals surface area contributed by atoms with Crippen LogP contribution in [0.4, 0.5) is 0 Å². The molecule has 1 aliphatic carbocycles. The van der Waals surface area contributed by atoms with Gasteiger partial charge < -0.3 is 4.90 Å². The van der Waals surface area contributed by atoms with E-state index in [0.717, 1.165) is 17.8 Å². The van der Waals surface area contributed by atoms with E-state index in [4.69, 9.17) is 0 Å². The van der Waals surface area contributed by atoms with Crippen LogP contribution in [0.1, 0.15) is 47.0 Å². The van der Waals surface area contributed by atoms with E-state index in [-0.39, 0.29) is 5.92 Å². The predicted molar refractivity (Wildman–Crippen MR) is 77.6 cm³/mol. The number of carbonyl (C=O) groups is 1. The van der Waals surface area contributed by atoms with E-state index < -0.39 is 0 Å². The summed E-state index contributed by atoms with van der Waals surface area (Å²) in [5, 5.41) is 0. The van der Waals surface area contributed by atoms with Crippen molar-refractivity contribution in [2.75, 3.05) is 0 Å². The van der Waals surface area contributed by atoms with Crippen molar-refractivity contribution in [2.24, 2.45) is 29.6 Å². The highest BCUT2D eigenvalue weighted by Gasteiger charge is 2.49. The zero-order chi connectivity index (χ0) is 13.7. The third kappa shape index (κ3) is 1.95. The molecule has 19 heavy (non-hydrogen) atoms. The Morgan fingerprint density at radius 3 is 2.58 bits per heavy atom. The average Bonchev–Trinajstić information content (AvgIpc) is 2.39. The minimum Gasteiger partial charge on any atom is -0.370 e. The van der Waals surface area contributed by atoms with Gasteiger partial charge in [0, 0.05) is 24.2 Å². The number of fused-ring (bicyclic) bond motifs is 3. The molecule has 0 aromatic carbocycles. The van der Waals surface area contributed by atoms with Gasteiger partial charge in [-0.15, -0.1) is 0 Å². The van der Waals surface area contributed by atoms with Crippen molar-refractivity contribution >= 4 is 5.78 Å². The number of piperidine rings is 1. The van der Waals surface area contributed by atoms with Gasteiger partial charge in [-0.2, -0.15) is 0 Å². The van der Waals surface area contributed by atoms with Crippen molar-refractivity contribution in [2.45, 2.75) is 59.0 Å². The van der Waals surface area contributed by atoms with Gasteiger partial charge in [0.2, 0.25) is 0 Å². The number of hydrogen-bond donors (Lipinski definition) is 0. The highest BCUT2D eigenvalue weighted by atomic mass is 16.1. The molecule has 0 aromatic heterocycles. The fourth-order valence-electron chi connectivity index (χ4n) is 4.94.